The summed E-state index contributed by atoms with van der Waals surface area (Å²) in [6.45, 7) is 7.77. The maximum atomic E-state index is 12.1. The summed E-state index contributed by atoms with van der Waals surface area (Å²) in [7, 11) is 4.07. The quantitative estimate of drug-likeness (QED) is 0.657. The van der Waals surface area contributed by atoms with Gasteiger partial charge in [-0.1, -0.05) is 27.2 Å². The standard InChI is InChI=1S/C14H31N3O/c1-6-7-12(9-15)14(18)16-13(8-11(2)3)10-17(4)5/h11-13H,6-10,15H2,1-5H3,(H,16,18). The highest BCUT2D eigenvalue weighted by atomic mass is 16.2. The van der Waals surface area contributed by atoms with Gasteiger partial charge in [0, 0.05) is 19.1 Å². The number of nitrogens with zero attached hydrogens (tertiary/aromatic N) is 1. The van der Waals surface area contributed by atoms with Crippen molar-refractivity contribution in [3.63, 3.8) is 0 Å². The molecule has 0 aromatic carbocycles. The first-order valence-corrected chi connectivity index (χ1v) is 7.05. The van der Waals surface area contributed by atoms with E-state index in [4.69, 9.17) is 5.73 Å². The summed E-state index contributed by atoms with van der Waals surface area (Å²) >= 11 is 0. The summed E-state index contributed by atoms with van der Waals surface area (Å²) < 4.78 is 0. The fraction of sp³-hybridized carbons (Fsp3) is 0.929. The minimum absolute atomic E-state index is 0.0353. The molecule has 3 N–H and O–H groups in total. The van der Waals surface area contributed by atoms with Crippen LogP contribution >= 0.6 is 0 Å². The minimum atomic E-state index is -0.0353. The number of rotatable bonds is 9. The number of hydrogen-bond donors (Lipinski definition) is 2. The second kappa shape index (κ2) is 9.34. The summed E-state index contributed by atoms with van der Waals surface area (Å²) in [4.78, 5) is 14.2. The van der Waals surface area contributed by atoms with Gasteiger partial charge in [-0.15, -0.1) is 0 Å². The van der Waals surface area contributed by atoms with Gasteiger partial charge in [-0.05, 0) is 32.9 Å². The average molecular weight is 257 g/mol. The van der Waals surface area contributed by atoms with Gasteiger partial charge in [0.25, 0.3) is 0 Å². The minimum Gasteiger partial charge on any atom is -0.352 e. The molecule has 0 saturated carbocycles. The Morgan fingerprint density at radius 2 is 1.94 bits per heavy atom. The molecular formula is C14H31N3O. The molecule has 18 heavy (non-hydrogen) atoms. The second-order valence-electron chi connectivity index (χ2n) is 5.82. The predicted molar refractivity (Wildman–Crippen MR) is 77.4 cm³/mol. The predicted octanol–water partition coefficient (Wildman–Crippen LogP) is 1.45. The molecule has 108 valence electrons. The molecule has 4 nitrogen and oxygen atoms in total. The Morgan fingerprint density at radius 3 is 2.33 bits per heavy atom. The maximum Gasteiger partial charge on any atom is 0.224 e. The molecule has 0 rings (SSSR count). The van der Waals surface area contributed by atoms with E-state index < -0.39 is 0 Å². The monoisotopic (exact) mass is 257 g/mol. The fourth-order valence-electron chi connectivity index (χ4n) is 2.21. The van der Waals surface area contributed by atoms with Crippen LogP contribution in [0.2, 0.25) is 0 Å². The van der Waals surface area contributed by atoms with Gasteiger partial charge in [0.05, 0.1) is 5.92 Å². The van der Waals surface area contributed by atoms with E-state index in [1.165, 1.54) is 0 Å². The van der Waals surface area contributed by atoms with Gasteiger partial charge in [0.2, 0.25) is 5.91 Å². The lowest BCUT2D eigenvalue weighted by molar-refractivity contribution is -0.125. The summed E-state index contributed by atoms with van der Waals surface area (Å²) in [6, 6.07) is 0.221. The van der Waals surface area contributed by atoms with Crippen LogP contribution in [0.4, 0.5) is 0 Å². The van der Waals surface area contributed by atoms with E-state index in [1.807, 2.05) is 14.1 Å². The van der Waals surface area contributed by atoms with Crippen molar-refractivity contribution in [1.29, 1.82) is 0 Å². The lowest BCUT2D eigenvalue weighted by Crippen LogP contribution is -2.46. The van der Waals surface area contributed by atoms with Gasteiger partial charge in [-0.3, -0.25) is 4.79 Å². The van der Waals surface area contributed by atoms with Crippen LogP contribution in [0.25, 0.3) is 0 Å². The van der Waals surface area contributed by atoms with Crippen molar-refractivity contribution in [3.8, 4) is 0 Å². The Kier molecular flexibility index (Phi) is 9.02. The number of amides is 1. The van der Waals surface area contributed by atoms with Gasteiger partial charge in [0.1, 0.15) is 0 Å². The van der Waals surface area contributed by atoms with Gasteiger partial charge in [-0.2, -0.15) is 0 Å². The Labute approximate surface area is 112 Å². The molecule has 0 aromatic heterocycles. The third-order valence-electron chi connectivity index (χ3n) is 2.98. The number of carbonyl (C=O) groups excluding carboxylic acids is 1. The van der Waals surface area contributed by atoms with Crippen molar-refractivity contribution in [3.05, 3.63) is 0 Å². The maximum absolute atomic E-state index is 12.1. The van der Waals surface area contributed by atoms with Crippen molar-refractivity contribution >= 4 is 5.91 Å². The first-order valence-electron chi connectivity index (χ1n) is 7.05. The van der Waals surface area contributed by atoms with Crippen molar-refractivity contribution < 1.29 is 4.79 Å². The fourth-order valence-corrected chi connectivity index (χ4v) is 2.21. The number of carbonyl (C=O) groups is 1. The van der Waals surface area contributed by atoms with Crippen molar-refractivity contribution in [2.45, 2.75) is 46.1 Å². The Hall–Kier alpha value is -0.610. The molecule has 0 aliphatic heterocycles. The van der Waals surface area contributed by atoms with Crippen LogP contribution in [0.15, 0.2) is 0 Å². The third kappa shape index (κ3) is 7.67. The molecule has 0 spiro atoms. The summed E-state index contributed by atoms with van der Waals surface area (Å²) in [6.07, 6.45) is 2.88. The zero-order valence-electron chi connectivity index (χ0n) is 12.7. The van der Waals surface area contributed by atoms with E-state index >= 15 is 0 Å². The molecule has 0 fully saturated rings. The molecular weight excluding hydrogens is 226 g/mol. The Bertz CT molecular complexity index is 219. The molecule has 2 unspecified atom stereocenters. The van der Waals surface area contributed by atoms with Crippen LogP contribution in [0.3, 0.4) is 0 Å². The summed E-state index contributed by atoms with van der Waals surface area (Å²) in [5, 5.41) is 3.15. The highest BCUT2D eigenvalue weighted by molar-refractivity contribution is 5.79. The highest BCUT2D eigenvalue weighted by Crippen LogP contribution is 2.09. The molecule has 0 aromatic rings. The van der Waals surface area contributed by atoms with Crippen LogP contribution in [-0.2, 0) is 4.79 Å². The largest absolute Gasteiger partial charge is 0.352 e. The van der Waals surface area contributed by atoms with Crippen LogP contribution in [0.1, 0.15) is 40.0 Å². The average Bonchev–Trinajstić information content (AvgIpc) is 2.23. The number of hydrogen-bond acceptors (Lipinski definition) is 3. The van der Waals surface area contributed by atoms with Crippen molar-refractivity contribution in [1.82, 2.24) is 10.2 Å². The number of likely N-dealkylation sites (N-methyl/N-ethyl adjacent to an activating group) is 1. The Morgan fingerprint density at radius 1 is 1.33 bits per heavy atom. The van der Waals surface area contributed by atoms with E-state index in [9.17, 15) is 4.79 Å². The number of nitrogens with two attached hydrogens (primary N) is 1. The Balaban J connectivity index is 4.40. The first kappa shape index (κ1) is 17.4. The molecule has 0 aliphatic rings. The molecule has 0 aliphatic carbocycles. The van der Waals surface area contributed by atoms with Gasteiger partial charge in [0.15, 0.2) is 0 Å². The lowest BCUT2D eigenvalue weighted by Gasteiger charge is -2.26. The summed E-state index contributed by atoms with van der Waals surface area (Å²) in [5.41, 5.74) is 5.67. The summed E-state index contributed by atoms with van der Waals surface area (Å²) in [5.74, 6) is 0.663. The van der Waals surface area contributed by atoms with E-state index in [2.05, 4.69) is 31.0 Å². The third-order valence-corrected chi connectivity index (χ3v) is 2.98. The molecule has 0 heterocycles. The van der Waals surface area contributed by atoms with E-state index in [1.54, 1.807) is 0 Å². The SMILES string of the molecule is CCCC(CN)C(=O)NC(CC(C)C)CN(C)C. The topological polar surface area (TPSA) is 58.4 Å². The molecule has 0 radical (unpaired) electrons. The van der Waals surface area contributed by atoms with Crippen molar-refractivity contribution in [2.24, 2.45) is 17.6 Å². The normalized spacial score (nSPS) is 14.9. The smallest absolute Gasteiger partial charge is 0.224 e. The van der Waals surface area contributed by atoms with E-state index in [0.717, 1.165) is 25.8 Å². The zero-order chi connectivity index (χ0) is 14.1. The first-order chi connectivity index (χ1) is 8.40. The van der Waals surface area contributed by atoms with Gasteiger partial charge >= 0.3 is 0 Å². The van der Waals surface area contributed by atoms with Crippen LogP contribution < -0.4 is 11.1 Å². The van der Waals surface area contributed by atoms with Gasteiger partial charge < -0.3 is 16.0 Å². The second-order valence-corrected chi connectivity index (χ2v) is 5.82. The highest BCUT2D eigenvalue weighted by Gasteiger charge is 2.20. The zero-order valence-corrected chi connectivity index (χ0v) is 12.7. The molecule has 1 amide bonds. The molecule has 0 bridgehead atoms. The van der Waals surface area contributed by atoms with Gasteiger partial charge in [-0.25, -0.2) is 0 Å². The van der Waals surface area contributed by atoms with Crippen LogP contribution in [-0.4, -0.2) is 44.0 Å². The van der Waals surface area contributed by atoms with Crippen LogP contribution in [0.5, 0.6) is 0 Å². The van der Waals surface area contributed by atoms with E-state index in [-0.39, 0.29) is 17.9 Å². The molecule has 0 saturated heterocycles. The molecule has 2 atom stereocenters. The number of nitrogens with one attached hydrogen (secondary N) is 1. The van der Waals surface area contributed by atoms with Crippen molar-refractivity contribution in [2.75, 3.05) is 27.2 Å². The van der Waals surface area contributed by atoms with Crippen LogP contribution in [0, 0.1) is 11.8 Å². The van der Waals surface area contributed by atoms with E-state index in [0.29, 0.717) is 12.5 Å². The lowest BCUT2D eigenvalue weighted by atomic mass is 9.99. The molecule has 4 heteroatoms.